The number of rotatable bonds is 4. The predicted molar refractivity (Wildman–Crippen MR) is 128 cm³/mol. The molecule has 2 aromatic heterocycles. The van der Waals surface area contributed by atoms with Crippen LogP contribution in [0.5, 0.6) is 0 Å². The van der Waals surface area contributed by atoms with Crippen molar-refractivity contribution in [2.75, 3.05) is 4.90 Å². The zero-order valence-corrected chi connectivity index (χ0v) is 19.8. The van der Waals surface area contributed by atoms with Crippen LogP contribution in [-0.4, -0.2) is 21.8 Å². The number of furan rings is 1. The number of aliphatic hydroxyl groups excluding tert-OH is 1. The molecule has 1 aliphatic heterocycles. The molecular weight excluding hydrogens is 483 g/mol. The Morgan fingerprint density at radius 3 is 2.64 bits per heavy atom. The second-order valence-electron chi connectivity index (χ2n) is 7.74. The molecule has 1 aliphatic rings. The minimum Gasteiger partial charge on any atom is -0.503 e. The second-order valence-corrected chi connectivity index (χ2v) is 9.57. The number of aryl methyl sites for hydroxylation is 2. The lowest BCUT2D eigenvalue weighted by molar-refractivity contribution is -0.117. The predicted octanol–water partition coefficient (Wildman–Crippen LogP) is 6.60. The van der Waals surface area contributed by atoms with Crippen LogP contribution in [0, 0.1) is 13.8 Å². The quantitative estimate of drug-likeness (QED) is 0.320. The number of aliphatic hydroxyl groups is 1. The zero-order chi connectivity index (χ0) is 23.4. The average Bonchev–Trinajstić information content (AvgIpc) is 3.49. The largest absolute Gasteiger partial charge is 0.503 e. The molecule has 5 rings (SSSR count). The van der Waals surface area contributed by atoms with E-state index >= 15 is 0 Å². The molecule has 3 heterocycles. The molecule has 6 nitrogen and oxygen atoms in total. The van der Waals surface area contributed by atoms with Crippen LogP contribution in [0.1, 0.15) is 33.3 Å². The topological polar surface area (TPSA) is 83.6 Å². The first-order valence-electron chi connectivity index (χ1n) is 9.94. The maximum absolute atomic E-state index is 13.3. The fourth-order valence-electron chi connectivity index (χ4n) is 4.03. The Balaban J connectivity index is 1.71. The van der Waals surface area contributed by atoms with Crippen molar-refractivity contribution in [3.8, 4) is 0 Å². The van der Waals surface area contributed by atoms with E-state index in [1.165, 1.54) is 28.6 Å². The van der Waals surface area contributed by atoms with Crippen molar-refractivity contribution in [1.29, 1.82) is 0 Å². The van der Waals surface area contributed by atoms with Gasteiger partial charge in [0.05, 0.1) is 38.1 Å². The van der Waals surface area contributed by atoms with E-state index in [4.69, 9.17) is 27.6 Å². The van der Waals surface area contributed by atoms with Crippen molar-refractivity contribution in [3.05, 3.63) is 92.6 Å². The number of thiazole rings is 1. The molecule has 0 radical (unpaired) electrons. The van der Waals surface area contributed by atoms with Gasteiger partial charge in [-0.25, -0.2) is 4.98 Å². The third-order valence-electron chi connectivity index (χ3n) is 5.48. The monoisotopic (exact) mass is 498 g/mol. The molecule has 0 spiro atoms. The molecule has 0 saturated heterocycles. The highest BCUT2D eigenvalue weighted by Crippen LogP contribution is 2.45. The van der Waals surface area contributed by atoms with Gasteiger partial charge in [0.1, 0.15) is 0 Å². The average molecular weight is 499 g/mol. The van der Waals surface area contributed by atoms with Gasteiger partial charge in [-0.15, -0.1) is 0 Å². The van der Waals surface area contributed by atoms with E-state index in [2.05, 4.69) is 4.98 Å². The van der Waals surface area contributed by atoms with Crippen LogP contribution in [-0.2, 0) is 4.79 Å². The number of amides is 1. The van der Waals surface area contributed by atoms with Gasteiger partial charge < -0.3 is 9.52 Å². The van der Waals surface area contributed by atoms with Crippen molar-refractivity contribution in [1.82, 2.24) is 4.98 Å². The number of hydrogen-bond acceptors (Lipinski definition) is 6. The first-order valence-corrected chi connectivity index (χ1v) is 11.5. The van der Waals surface area contributed by atoms with E-state index < -0.39 is 23.5 Å². The smallest absolute Gasteiger partial charge is 0.296 e. The lowest BCUT2D eigenvalue weighted by atomic mass is 9.95. The number of halogens is 2. The fraction of sp³-hybridized carbons (Fsp3) is 0.125. The molecule has 166 valence electrons. The van der Waals surface area contributed by atoms with Crippen LogP contribution in [0.15, 0.2) is 64.5 Å². The number of carbonyl (C=O) groups excluding carboxylic acids is 2. The van der Waals surface area contributed by atoms with Crippen molar-refractivity contribution >= 4 is 61.6 Å². The molecule has 0 aliphatic carbocycles. The Kier molecular flexibility index (Phi) is 5.28. The Morgan fingerprint density at radius 2 is 1.94 bits per heavy atom. The molecule has 0 bridgehead atoms. The maximum Gasteiger partial charge on any atom is 0.296 e. The minimum absolute atomic E-state index is 0.00651. The summed E-state index contributed by atoms with van der Waals surface area (Å²) in [5, 5.41) is 11.8. The van der Waals surface area contributed by atoms with Crippen LogP contribution in [0.25, 0.3) is 10.2 Å². The molecule has 1 atom stereocenters. The molecular formula is C24H16Cl2N2O4S. The molecule has 0 saturated carbocycles. The summed E-state index contributed by atoms with van der Waals surface area (Å²) < 4.78 is 6.15. The summed E-state index contributed by atoms with van der Waals surface area (Å²) in [6.07, 6.45) is 1.35. The lowest BCUT2D eigenvalue weighted by Crippen LogP contribution is -2.31. The molecule has 0 fully saturated rings. The number of hydrogen-bond donors (Lipinski definition) is 1. The van der Waals surface area contributed by atoms with Gasteiger partial charge in [0, 0.05) is 0 Å². The van der Waals surface area contributed by atoms with Gasteiger partial charge in [-0.2, -0.15) is 0 Å². The van der Waals surface area contributed by atoms with Crippen molar-refractivity contribution in [2.24, 2.45) is 0 Å². The Morgan fingerprint density at radius 1 is 1.15 bits per heavy atom. The normalized spacial score (nSPS) is 16.3. The van der Waals surface area contributed by atoms with Gasteiger partial charge in [-0.3, -0.25) is 14.5 Å². The summed E-state index contributed by atoms with van der Waals surface area (Å²) in [5.74, 6) is -1.97. The number of ketones is 1. The summed E-state index contributed by atoms with van der Waals surface area (Å²) in [7, 11) is 0. The van der Waals surface area contributed by atoms with E-state index in [0.717, 1.165) is 21.3 Å². The molecule has 1 amide bonds. The number of Topliss-reactive ketones (excluding diaryl/α,β-unsaturated/α-hetero) is 1. The number of anilines is 1. The highest BCUT2D eigenvalue weighted by Gasteiger charge is 2.46. The van der Waals surface area contributed by atoms with Crippen LogP contribution in [0.2, 0.25) is 10.0 Å². The number of carbonyl (C=O) groups is 2. The number of nitrogens with zero attached hydrogens (tertiary/aromatic N) is 2. The van der Waals surface area contributed by atoms with Gasteiger partial charge in [-0.05, 0) is 60.9 Å². The first-order chi connectivity index (χ1) is 15.8. The third-order valence-corrected chi connectivity index (χ3v) is 7.22. The summed E-state index contributed by atoms with van der Waals surface area (Å²) in [5.41, 5.74) is 3.18. The van der Waals surface area contributed by atoms with Crippen molar-refractivity contribution in [3.63, 3.8) is 0 Å². The standard InChI is InChI=1S/C24H16Cl2N2O4S/c1-11-8-12(2)19-17(9-11)33-24(27-19)28-20(13-5-6-14(25)15(26)10-13)18(22(30)23(28)31)21(29)16-4-3-7-32-16/h3-10,20,30H,1-2H3/t20-/m1/s1. The van der Waals surface area contributed by atoms with Crippen molar-refractivity contribution in [2.45, 2.75) is 19.9 Å². The highest BCUT2D eigenvalue weighted by molar-refractivity contribution is 7.22. The van der Waals surface area contributed by atoms with E-state index in [-0.39, 0.29) is 16.4 Å². The van der Waals surface area contributed by atoms with Crippen LogP contribution < -0.4 is 4.90 Å². The van der Waals surface area contributed by atoms with Crippen LogP contribution >= 0.6 is 34.5 Å². The number of aromatic nitrogens is 1. The number of fused-ring (bicyclic) bond motifs is 1. The summed E-state index contributed by atoms with van der Waals surface area (Å²) in [4.78, 5) is 32.6. The second kappa shape index (κ2) is 8.02. The molecule has 1 N–H and O–H groups in total. The van der Waals surface area contributed by atoms with Crippen molar-refractivity contribution < 1.29 is 19.1 Å². The van der Waals surface area contributed by atoms with Gasteiger partial charge >= 0.3 is 0 Å². The third kappa shape index (κ3) is 3.53. The van der Waals surface area contributed by atoms with E-state index in [9.17, 15) is 14.7 Å². The first kappa shape index (κ1) is 21.7. The van der Waals surface area contributed by atoms with Gasteiger partial charge in [0.15, 0.2) is 16.7 Å². The highest BCUT2D eigenvalue weighted by atomic mass is 35.5. The van der Waals surface area contributed by atoms with Crippen LogP contribution in [0.3, 0.4) is 0 Å². The molecule has 33 heavy (non-hydrogen) atoms. The van der Waals surface area contributed by atoms with E-state index in [1.54, 1.807) is 24.3 Å². The summed E-state index contributed by atoms with van der Waals surface area (Å²) in [6, 6.07) is 10.9. The van der Waals surface area contributed by atoms with Crippen LogP contribution in [0.4, 0.5) is 5.13 Å². The Labute approximate surface area is 202 Å². The zero-order valence-electron chi connectivity index (χ0n) is 17.4. The van der Waals surface area contributed by atoms with E-state index in [0.29, 0.717) is 15.7 Å². The minimum atomic E-state index is -0.966. The van der Waals surface area contributed by atoms with Gasteiger partial charge in [-0.1, -0.05) is 46.7 Å². The number of benzene rings is 2. The SMILES string of the molecule is Cc1cc(C)c2nc(N3C(=O)C(O)=C(C(=O)c4ccco4)[C@H]3c3ccc(Cl)c(Cl)c3)sc2c1. The Hall–Kier alpha value is -3.13. The molecule has 9 heteroatoms. The lowest BCUT2D eigenvalue weighted by Gasteiger charge is -2.24. The summed E-state index contributed by atoms with van der Waals surface area (Å²) >= 11 is 13.7. The van der Waals surface area contributed by atoms with Gasteiger partial charge in [0.2, 0.25) is 5.78 Å². The fourth-order valence-corrected chi connectivity index (χ4v) is 5.51. The van der Waals surface area contributed by atoms with Gasteiger partial charge in [0.25, 0.3) is 5.91 Å². The summed E-state index contributed by atoms with van der Waals surface area (Å²) in [6.45, 7) is 3.93. The Bertz CT molecular complexity index is 1470. The van der Waals surface area contributed by atoms with E-state index in [1.807, 2.05) is 26.0 Å². The maximum atomic E-state index is 13.3. The molecule has 2 aromatic carbocycles. The molecule has 0 unspecified atom stereocenters. The molecule has 4 aromatic rings.